The molecule has 1 aliphatic rings. The Hall–Kier alpha value is -0.430. The molecule has 0 spiro atoms. The van der Waals surface area contributed by atoms with Gasteiger partial charge in [-0.1, -0.05) is 0 Å². The Labute approximate surface area is 84.1 Å². The monoisotopic (exact) mass is 231 g/mol. The minimum Gasteiger partial charge on any atom is -0.475 e. The summed E-state index contributed by atoms with van der Waals surface area (Å²) >= 11 is 2.03. The fourth-order valence-corrected chi connectivity index (χ4v) is 1.92. The molecule has 1 saturated heterocycles. The minimum atomic E-state index is -5.08. The zero-order valence-electron chi connectivity index (χ0n) is 7.60. The van der Waals surface area contributed by atoms with E-state index in [1.807, 2.05) is 18.8 Å². The van der Waals surface area contributed by atoms with Gasteiger partial charge in [-0.15, -0.1) is 11.8 Å². The summed E-state index contributed by atoms with van der Waals surface area (Å²) in [6.45, 7) is 0. The van der Waals surface area contributed by atoms with Gasteiger partial charge < -0.3 is 10.4 Å². The Balaban J connectivity index is 0.000000241. The Morgan fingerprint density at radius 1 is 1.57 bits per heavy atom. The van der Waals surface area contributed by atoms with Crippen molar-refractivity contribution in [1.82, 2.24) is 5.32 Å². The summed E-state index contributed by atoms with van der Waals surface area (Å²) in [5.41, 5.74) is 0. The van der Waals surface area contributed by atoms with Crippen molar-refractivity contribution in [2.75, 3.05) is 12.8 Å². The maximum atomic E-state index is 10.6. The van der Waals surface area contributed by atoms with Crippen molar-refractivity contribution >= 4 is 17.7 Å². The summed E-state index contributed by atoms with van der Waals surface area (Å²) in [4.78, 5) is 8.90. The van der Waals surface area contributed by atoms with E-state index in [1.165, 1.54) is 18.6 Å². The standard InChI is InChI=1S/C5H11NS.C2HF3O2/c1-6-5-3-2-4-7-5;3-2(4,5)1(6)7/h5-6H,2-4H2,1H3;(H,6,7). The largest absolute Gasteiger partial charge is 0.490 e. The Bertz CT molecular complexity index is 180. The van der Waals surface area contributed by atoms with Crippen LogP contribution >= 0.6 is 11.8 Å². The molecule has 3 nitrogen and oxygen atoms in total. The second-order valence-corrected chi connectivity index (χ2v) is 3.90. The van der Waals surface area contributed by atoms with E-state index < -0.39 is 12.1 Å². The first-order chi connectivity index (χ1) is 6.38. The highest BCUT2D eigenvalue weighted by Crippen LogP contribution is 2.22. The van der Waals surface area contributed by atoms with Gasteiger partial charge in [-0.3, -0.25) is 0 Å². The number of hydrogen-bond donors (Lipinski definition) is 2. The van der Waals surface area contributed by atoms with Crippen LogP contribution in [0.2, 0.25) is 0 Å². The van der Waals surface area contributed by atoms with Crippen molar-refractivity contribution in [3.05, 3.63) is 0 Å². The third-order valence-corrected chi connectivity index (χ3v) is 2.89. The lowest BCUT2D eigenvalue weighted by Crippen LogP contribution is -2.21. The molecule has 2 N–H and O–H groups in total. The van der Waals surface area contributed by atoms with Crippen molar-refractivity contribution < 1.29 is 23.1 Å². The van der Waals surface area contributed by atoms with Crippen LogP contribution < -0.4 is 5.32 Å². The minimum absolute atomic E-state index is 0.764. The maximum absolute atomic E-state index is 10.6. The molecule has 1 aliphatic heterocycles. The van der Waals surface area contributed by atoms with Gasteiger partial charge in [0.25, 0.3) is 0 Å². The number of hydrogen-bond acceptors (Lipinski definition) is 3. The maximum Gasteiger partial charge on any atom is 0.490 e. The fraction of sp³-hybridized carbons (Fsp3) is 0.857. The molecular weight excluding hydrogens is 219 g/mol. The number of rotatable bonds is 1. The van der Waals surface area contributed by atoms with E-state index in [4.69, 9.17) is 9.90 Å². The lowest BCUT2D eigenvalue weighted by Gasteiger charge is -2.02. The first kappa shape index (κ1) is 13.6. The van der Waals surface area contributed by atoms with Gasteiger partial charge in [0, 0.05) is 0 Å². The summed E-state index contributed by atoms with van der Waals surface area (Å²) in [5.74, 6) is -1.40. The molecule has 1 unspecified atom stereocenters. The molecule has 0 aromatic rings. The number of carboxylic acids is 1. The van der Waals surface area contributed by atoms with Gasteiger partial charge in [0.05, 0.1) is 5.37 Å². The molecule has 84 valence electrons. The second-order valence-electron chi connectivity index (χ2n) is 2.59. The van der Waals surface area contributed by atoms with Gasteiger partial charge in [0.2, 0.25) is 0 Å². The number of alkyl halides is 3. The van der Waals surface area contributed by atoms with Gasteiger partial charge in [-0.05, 0) is 25.6 Å². The smallest absolute Gasteiger partial charge is 0.475 e. The van der Waals surface area contributed by atoms with Crippen LogP contribution in [0.3, 0.4) is 0 Å². The summed E-state index contributed by atoms with van der Waals surface area (Å²) < 4.78 is 31.7. The lowest BCUT2D eigenvalue weighted by atomic mass is 10.3. The highest BCUT2D eigenvalue weighted by Gasteiger charge is 2.38. The van der Waals surface area contributed by atoms with Gasteiger partial charge in [0.1, 0.15) is 0 Å². The molecule has 1 atom stereocenters. The Morgan fingerprint density at radius 3 is 2.21 bits per heavy atom. The third kappa shape index (κ3) is 6.09. The van der Waals surface area contributed by atoms with Crippen LogP contribution in [-0.2, 0) is 4.79 Å². The van der Waals surface area contributed by atoms with Gasteiger partial charge in [-0.2, -0.15) is 13.2 Å². The van der Waals surface area contributed by atoms with Crippen LogP contribution in [0.1, 0.15) is 12.8 Å². The van der Waals surface area contributed by atoms with Crippen molar-refractivity contribution in [2.45, 2.75) is 24.4 Å². The number of carboxylic acid groups (broad SMARTS) is 1. The first-order valence-corrected chi connectivity index (χ1v) is 5.01. The third-order valence-electron chi connectivity index (χ3n) is 1.49. The average Bonchev–Trinajstić information content (AvgIpc) is 2.54. The molecule has 0 aromatic carbocycles. The quantitative estimate of drug-likeness (QED) is 0.721. The molecule has 1 fully saturated rings. The van der Waals surface area contributed by atoms with Gasteiger partial charge in [0.15, 0.2) is 0 Å². The SMILES string of the molecule is CNC1CCCS1.O=C(O)C(F)(F)F. The van der Waals surface area contributed by atoms with Crippen LogP contribution in [-0.4, -0.2) is 35.4 Å². The number of carbonyl (C=O) groups is 1. The summed E-state index contributed by atoms with van der Waals surface area (Å²) in [7, 11) is 2.03. The molecule has 14 heavy (non-hydrogen) atoms. The molecule has 0 amide bonds. The summed E-state index contributed by atoms with van der Waals surface area (Å²) in [6, 6.07) is 0. The molecule has 0 bridgehead atoms. The number of aliphatic carboxylic acids is 1. The normalized spacial score (nSPS) is 21.3. The van der Waals surface area contributed by atoms with Gasteiger partial charge in [-0.25, -0.2) is 4.79 Å². The fourth-order valence-electron chi connectivity index (χ4n) is 0.805. The topological polar surface area (TPSA) is 49.3 Å². The van der Waals surface area contributed by atoms with Crippen molar-refractivity contribution in [3.63, 3.8) is 0 Å². The van der Waals surface area contributed by atoms with E-state index in [1.54, 1.807) is 0 Å². The highest BCUT2D eigenvalue weighted by molar-refractivity contribution is 8.00. The van der Waals surface area contributed by atoms with E-state index >= 15 is 0 Å². The molecule has 0 aromatic heterocycles. The zero-order valence-corrected chi connectivity index (χ0v) is 8.41. The van der Waals surface area contributed by atoms with Crippen molar-refractivity contribution in [2.24, 2.45) is 0 Å². The molecular formula is C7H12F3NO2S. The molecule has 1 rings (SSSR count). The predicted octanol–water partition coefficient (Wildman–Crippen LogP) is 1.69. The number of nitrogens with one attached hydrogen (secondary N) is 1. The van der Waals surface area contributed by atoms with Crippen LogP contribution in [0.5, 0.6) is 0 Å². The highest BCUT2D eigenvalue weighted by atomic mass is 32.2. The van der Waals surface area contributed by atoms with Crippen LogP contribution in [0.4, 0.5) is 13.2 Å². The van der Waals surface area contributed by atoms with Crippen LogP contribution in [0.15, 0.2) is 0 Å². The first-order valence-electron chi connectivity index (χ1n) is 3.97. The average molecular weight is 231 g/mol. The van der Waals surface area contributed by atoms with E-state index in [0.717, 1.165) is 5.37 Å². The lowest BCUT2D eigenvalue weighted by molar-refractivity contribution is -0.192. The Kier molecular flexibility index (Phi) is 5.94. The molecule has 7 heteroatoms. The van der Waals surface area contributed by atoms with E-state index in [0.29, 0.717) is 0 Å². The molecule has 0 aliphatic carbocycles. The second kappa shape index (κ2) is 6.13. The zero-order chi connectivity index (χ0) is 11.2. The summed E-state index contributed by atoms with van der Waals surface area (Å²) in [5, 5.41) is 11.1. The van der Waals surface area contributed by atoms with E-state index in [-0.39, 0.29) is 0 Å². The van der Waals surface area contributed by atoms with Crippen molar-refractivity contribution in [3.8, 4) is 0 Å². The van der Waals surface area contributed by atoms with Crippen LogP contribution in [0.25, 0.3) is 0 Å². The van der Waals surface area contributed by atoms with Crippen LogP contribution in [0, 0.1) is 0 Å². The predicted molar refractivity (Wildman–Crippen MR) is 48.2 cm³/mol. The Morgan fingerprint density at radius 2 is 2.07 bits per heavy atom. The summed E-state index contributed by atoms with van der Waals surface area (Å²) in [6.07, 6.45) is -2.32. The van der Waals surface area contributed by atoms with Gasteiger partial charge >= 0.3 is 12.1 Å². The van der Waals surface area contributed by atoms with Crippen molar-refractivity contribution in [1.29, 1.82) is 0 Å². The molecule has 0 saturated carbocycles. The molecule has 0 radical (unpaired) electrons. The van der Waals surface area contributed by atoms with E-state index in [2.05, 4.69) is 5.32 Å². The molecule has 1 heterocycles. The number of thioether (sulfide) groups is 1. The number of halogens is 3. The van der Waals surface area contributed by atoms with E-state index in [9.17, 15) is 13.2 Å².